The van der Waals surface area contributed by atoms with Gasteiger partial charge in [0, 0.05) is 37.8 Å². The number of halogens is 1. The van der Waals surface area contributed by atoms with Gasteiger partial charge in [0.25, 0.3) is 0 Å². The zero-order valence-electron chi connectivity index (χ0n) is 16.1. The summed E-state index contributed by atoms with van der Waals surface area (Å²) in [4.78, 5) is 17.6. The van der Waals surface area contributed by atoms with E-state index in [-0.39, 0.29) is 5.91 Å². The van der Waals surface area contributed by atoms with Crippen LogP contribution in [0.2, 0.25) is 5.02 Å². The summed E-state index contributed by atoms with van der Waals surface area (Å²) >= 11 is 6.33. The minimum absolute atomic E-state index is 0.171. The molecule has 0 spiro atoms. The van der Waals surface area contributed by atoms with E-state index in [1.165, 1.54) is 0 Å². The Kier molecular flexibility index (Phi) is 4.55. The predicted molar refractivity (Wildman–Crippen MR) is 113 cm³/mol. The first-order chi connectivity index (χ1) is 14.2. The molecule has 2 fully saturated rings. The number of anilines is 1. The molecule has 1 aliphatic heterocycles. The van der Waals surface area contributed by atoms with Gasteiger partial charge in [0.1, 0.15) is 0 Å². The molecule has 1 saturated heterocycles. The summed E-state index contributed by atoms with van der Waals surface area (Å²) in [7, 11) is 0. The van der Waals surface area contributed by atoms with Gasteiger partial charge in [0.15, 0.2) is 5.76 Å². The van der Waals surface area contributed by atoms with Crippen LogP contribution >= 0.6 is 11.6 Å². The summed E-state index contributed by atoms with van der Waals surface area (Å²) in [6, 6.07) is 19.7. The number of aromatic nitrogens is 1. The number of rotatable bonds is 4. The van der Waals surface area contributed by atoms with Crippen molar-refractivity contribution < 1.29 is 9.32 Å². The lowest BCUT2D eigenvalue weighted by atomic mass is 9.99. The number of benzene rings is 2. The number of hydrogen-bond acceptors (Lipinski definition) is 4. The number of nitrogens with zero attached hydrogens (tertiary/aromatic N) is 3. The third-order valence-corrected chi connectivity index (χ3v) is 6.30. The molecule has 2 aliphatic rings. The standard InChI is InChI=1S/C23H22ClN3O2/c24-18-8-4-5-9-19(18)26-12-14-27(15-13-26)22(28)23(10-11-23)21-16-20(29-25-21)17-6-2-1-3-7-17/h1-9,16H,10-15H2. The van der Waals surface area contributed by atoms with Gasteiger partial charge in [-0.2, -0.15) is 0 Å². The topological polar surface area (TPSA) is 49.6 Å². The van der Waals surface area contributed by atoms with Crippen LogP contribution in [0.1, 0.15) is 18.5 Å². The smallest absolute Gasteiger partial charge is 0.235 e. The van der Waals surface area contributed by atoms with E-state index < -0.39 is 5.41 Å². The minimum Gasteiger partial charge on any atom is -0.367 e. The lowest BCUT2D eigenvalue weighted by Gasteiger charge is -2.37. The van der Waals surface area contributed by atoms with Gasteiger partial charge in [-0.15, -0.1) is 0 Å². The highest BCUT2D eigenvalue weighted by Gasteiger charge is 2.55. The maximum Gasteiger partial charge on any atom is 0.235 e. The van der Waals surface area contributed by atoms with Crippen LogP contribution in [0.3, 0.4) is 0 Å². The zero-order valence-corrected chi connectivity index (χ0v) is 16.8. The van der Waals surface area contributed by atoms with Crippen LogP contribution in [0.25, 0.3) is 11.3 Å². The summed E-state index contributed by atoms with van der Waals surface area (Å²) in [6.45, 7) is 2.93. The number of piperazine rings is 1. The number of amides is 1. The fraction of sp³-hybridized carbons (Fsp3) is 0.304. The maximum atomic E-state index is 13.3. The van der Waals surface area contributed by atoms with Crippen molar-refractivity contribution in [1.82, 2.24) is 10.1 Å². The van der Waals surface area contributed by atoms with Gasteiger partial charge in [-0.25, -0.2) is 0 Å². The van der Waals surface area contributed by atoms with E-state index in [9.17, 15) is 4.79 Å². The van der Waals surface area contributed by atoms with Gasteiger partial charge in [-0.05, 0) is 25.0 Å². The zero-order chi connectivity index (χ0) is 19.8. The van der Waals surface area contributed by atoms with Crippen molar-refractivity contribution in [3.05, 3.63) is 71.4 Å². The molecule has 2 aromatic carbocycles. The van der Waals surface area contributed by atoms with Gasteiger partial charge >= 0.3 is 0 Å². The molecule has 0 radical (unpaired) electrons. The highest BCUT2D eigenvalue weighted by atomic mass is 35.5. The highest BCUT2D eigenvalue weighted by molar-refractivity contribution is 6.33. The highest BCUT2D eigenvalue weighted by Crippen LogP contribution is 2.50. The largest absolute Gasteiger partial charge is 0.367 e. The van der Waals surface area contributed by atoms with Crippen molar-refractivity contribution in [2.75, 3.05) is 31.1 Å². The van der Waals surface area contributed by atoms with Gasteiger partial charge in [-0.3, -0.25) is 4.79 Å². The molecule has 1 amide bonds. The number of carbonyl (C=O) groups excluding carboxylic acids is 1. The number of hydrogen-bond donors (Lipinski definition) is 0. The summed E-state index contributed by atoms with van der Waals surface area (Å²) in [5.74, 6) is 0.882. The summed E-state index contributed by atoms with van der Waals surface area (Å²) in [5.41, 5.74) is 2.26. The second-order valence-corrected chi connectivity index (χ2v) is 8.16. The summed E-state index contributed by atoms with van der Waals surface area (Å²) in [6.07, 6.45) is 1.66. The molecular weight excluding hydrogens is 386 g/mol. The van der Waals surface area contributed by atoms with Crippen molar-refractivity contribution in [2.45, 2.75) is 18.3 Å². The van der Waals surface area contributed by atoms with Crippen LogP contribution < -0.4 is 4.90 Å². The first-order valence-corrected chi connectivity index (χ1v) is 10.4. The molecule has 5 nitrogen and oxygen atoms in total. The van der Waals surface area contributed by atoms with E-state index in [1.54, 1.807) is 0 Å². The van der Waals surface area contributed by atoms with Crippen molar-refractivity contribution in [1.29, 1.82) is 0 Å². The SMILES string of the molecule is O=C(N1CCN(c2ccccc2Cl)CC1)C1(c2cc(-c3ccccc3)on2)CC1. The second kappa shape index (κ2) is 7.23. The fourth-order valence-electron chi connectivity index (χ4n) is 4.11. The van der Waals surface area contributed by atoms with Gasteiger partial charge in [-0.1, -0.05) is 59.2 Å². The van der Waals surface area contributed by atoms with Crippen LogP contribution in [0.4, 0.5) is 5.69 Å². The number of carbonyl (C=O) groups is 1. The van der Waals surface area contributed by atoms with E-state index >= 15 is 0 Å². The molecule has 148 valence electrons. The molecule has 0 N–H and O–H groups in total. The van der Waals surface area contributed by atoms with Crippen LogP contribution in [0, 0.1) is 0 Å². The number of para-hydroxylation sites is 1. The van der Waals surface area contributed by atoms with E-state index in [2.05, 4.69) is 10.1 Å². The molecule has 29 heavy (non-hydrogen) atoms. The maximum absolute atomic E-state index is 13.3. The third kappa shape index (κ3) is 3.29. The van der Waals surface area contributed by atoms with Crippen molar-refractivity contribution in [3.8, 4) is 11.3 Å². The van der Waals surface area contributed by atoms with Crippen LogP contribution in [-0.2, 0) is 10.2 Å². The van der Waals surface area contributed by atoms with Gasteiger partial charge < -0.3 is 14.3 Å². The Morgan fingerprint density at radius 1 is 0.966 bits per heavy atom. The molecule has 1 aromatic heterocycles. The Hall–Kier alpha value is -2.79. The lowest BCUT2D eigenvalue weighted by Crippen LogP contribution is -2.51. The fourth-order valence-corrected chi connectivity index (χ4v) is 4.36. The Labute approximate surface area is 174 Å². The average molecular weight is 408 g/mol. The van der Waals surface area contributed by atoms with Gasteiger partial charge in [0.05, 0.1) is 21.8 Å². The Bertz CT molecular complexity index is 1020. The molecule has 3 aromatic rings. The molecule has 1 saturated carbocycles. The molecule has 0 unspecified atom stereocenters. The molecule has 2 heterocycles. The van der Waals surface area contributed by atoms with E-state index in [0.717, 1.165) is 47.9 Å². The normalized spacial score (nSPS) is 18.0. The quantitative estimate of drug-likeness (QED) is 0.644. The molecule has 0 bridgehead atoms. The van der Waals surface area contributed by atoms with Crippen LogP contribution in [0.15, 0.2) is 65.2 Å². The molecule has 6 heteroatoms. The van der Waals surface area contributed by atoms with Crippen LogP contribution in [-0.4, -0.2) is 42.1 Å². The lowest BCUT2D eigenvalue weighted by molar-refractivity contribution is -0.134. The molecule has 5 rings (SSSR count). The predicted octanol–water partition coefficient (Wildman–Crippen LogP) is 4.38. The third-order valence-electron chi connectivity index (χ3n) is 5.98. The Morgan fingerprint density at radius 3 is 2.34 bits per heavy atom. The van der Waals surface area contributed by atoms with Crippen LogP contribution in [0.5, 0.6) is 0 Å². The summed E-state index contributed by atoms with van der Waals surface area (Å²) < 4.78 is 5.56. The molecule has 0 atom stereocenters. The van der Waals surface area contributed by atoms with Gasteiger partial charge in [0.2, 0.25) is 5.91 Å². The van der Waals surface area contributed by atoms with E-state index in [4.69, 9.17) is 16.1 Å². The van der Waals surface area contributed by atoms with Crippen molar-refractivity contribution in [2.24, 2.45) is 0 Å². The van der Waals surface area contributed by atoms with Crippen molar-refractivity contribution in [3.63, 3.8) is 0 Å². The minimum atomic E-state index is -0.511. The summed E-state index contributed by atoms with van der Waals surface area (Å²) in [5, 5.41) is 5.02. The van der Waals surface area contributed by atoms with E-state index in [1.807, 2.05) is 65.6 Å². The van der Waals surface area contributed by atoms with E-state index in [0.29, 0.717) is 18.8 Å². The molecule has 1 aliphatic carbocycles. The molecular formula is C23H22ClN3O2. The first-order valence-electron chi connectivity index (χ1n) is 9.99. The first kappa shape index (κ1) is 18.3. The Morgan fingerprint density at radius 2 is 1.66 bits per heavy atom. The average Bonchev–Trinajstić information content (AvgIpc) is 3.43. The Balaban J connectivity index is 1.29. The second-order valence-electron chi connectivity index (χ2n) is 7.76. The van der Waals surface area contributed by atoms with Crippen molar-refractivity contribution >= 4 is 23.2 Å². The monoisotopic (exact) mass is 407 g/mol.